The van der Waals surface area contributed by atoms with Gasteiger partial charge < -0.3 is 5.11 Å². The molecule has 6 heteroatoms. The van der Waals surface area contributed by atoms with Crippen molar-refractivity contribution in [2.75, 3.05) is 0 Å². The van der Waals surface area contributed by atoms with Crippen LogP contribution < -0.4 is 0 Å². The number of carbonyl (C=O) groups excluding carboxylic acids is 2. The van der Waals surface area contributed by atoms with E-state index in [1.54, 1.807) is 17.5 Å². The maximum absolute atomic E-state index is 11.9. The molecule has 2 amide bonds. The van der Waals surface area contributed by atoms with Gasteiger partial charge in [0.2, 0.25) is 11.8 Å². The molecule has 1 N–H and O–H groups in total. The van der Waals surface area contributed by atoms with E-state index in [-0.39, 0.29) is 18.8 Å². The molecule has 1 aliphatic rings. The molecular weight excluding hydrogens is 254 g/mol. The standard InChI is InChI=1S/C12H13NO4S/c1-7-5-9(14)13(10(15)6-7)11(12(16)17)8-3-2-4-18-8/h2-4,7,11H,5-6H2,1H3,(H,16,17). The molecule has 0 spiro atoms. The molecular formula is C12H13NO4S. The first-order valence-electron chi connectivity index (χ1n) is 5.61. The van der Waals surface area contributed by atoms with Crippen molar-refractivity contribution in [1.29, 1.82) is 0 Å². The van der Waals surface area contributed by atoms with Crippen molar-refractivity contribution in [3.8, 4) is 0 Å². The second kappa shape index (κ2) is 4.89. The molecule has 1 saturated heterocycles. The van der Waals surface area contributed by atoms with Crippen LogP contribution in [0.15, 0.2) is 17.5 Å². The summed E-state index contributed by atoms with van der Waals surface area (Å²) in [6.45, 7) is 1.81. The van der Waals surface area contributed by atoms with Gasteiger partial charge in [-0.2, -0.15) is 0 Å². The van der Waals surface area contributed by atoms with E-state index in [0.717, 1.165) is 4.90 Å². The molecule has 0 aromatic carbocycles. The van der Waals surface area contributed by atoms with Crippen LogP contribution in [-0.2, 0) is 14.4 Å². The SMILES string of the molecule is CC1CC(=O)N(C(C(=O)O)c2cccs2)C(=O)C1. The van der Waals surface area contributed by atoms with Gasteiger partial charge in [-0.1, -0.05) is 13.0 Å². The normalized spacial score (nSPS) is 19.1. The van der Waals surface area contributed by atoms with Gasteiger partial charge in [-0.15, -0.1) is 11.3 Å². The Balaban J connectivity index is 2.34. The fourth-order valence-electron chi connectivity index (χ4n) is 2.10. The first kappa shape index (κ1) is 12.8. The molecule has 2 rings (SSSR count). The summed E-state index contributed by atoms with van der Waals surface area (Å²) in [5, 5.41) is 11.0. The molecule has 5 nitrogen and oxygen atoms in total. The van der Waals surface area contributed by atoms with Gasteiger partial charge in [0.15, 0.2) is 6.04 Å². The minimum atomic E-state index is -1.18. The average Bonchev–Trinajstić information content (AvgIpc) is 2.75. The van der Waals surface area contributed by atoms with E-state index in [2.05, 4.69) is 0 Å². The Morgan fingerprint density at radius 3 is 2.50 bits per heavy atom. The predicted molar refractivity (Wildman–Crippen MR) is 64.9 cm³/mol. The number of carbonyl (C=O) groups is 3. The lowest BCUT2D eigenvalue weighted by Gasteiger charge is -2.32. The highest BCUT2D eigenvalue weighted by Crippen LogP contribution is 2.31. The zero-order valence-electron chi connectivity index (χ0n) is 9.83. The molecule has 0 bridgehead atoms. The van der Waals surface area contributed by atoms with E-state index in [4.69, 9.17) is 0 Å². The first-order chi connectivity index (χ1) is 8.50. The Kier molecular flexibility index (Phi) is 3.47. The second-order valence-corrected chi connectivity index (χ2v) is 5.41. The molecule has 1 aliphatic heterocycles. The molecule has 18 heavy (non-hydrogen) atoms. The fraction of sp³-hybridized carbons (Fsp3) is 0.417. The largest absolute Gasteiger partial charge is 0.479 e. The zero-order valence-corrected chi connectivity index (χ0v) is 10.6. The highest BCUT2D eigenvalue weighted by Gasteiger charge is 2.40. The number of hydrogen-bond acceptors (Lipinski definition) is 4. The van der Waals surface area contributed by atoms with E-state index in [1.165, 1.54) is 11.3 Å². The molecule has 96 valence electrons. The molecule has 1 aromatic rings. The van der Waals surface area contributed by atoms with Crippen LogP contribution in [0, 0.1) is 5.92 Å². The van der Waals surface area contributed by atoms with Crippen molar-refractivity contribution in [3.63, 3.8) is 0 Å². The number of rotatable bonds is 3. The lowest BCUT2D eigenvalue weighted by atomic mass is 9.96. The number of nitrogens with zero attached hydrogens (tertiary/aromatic N) is 1. The number of imide groups is 1. The van der Waals surface area contributed by atoms with Crippen molar-refractivity contribution in [1.82, 2.24) is 4.90 Å². The number of aliphatic carboxylic acids is 1. The summed E-state index contributed by atoms with van der Waals surface area (Å²) in [4.78, 5) is 36.5. The van der Waals surface area contributed by atoms with Gasteiger partial charge >= 0.3 is 5.97 Å². The molecule has 1 unspecified atom stereocenters. The van der Waals surface area contributed by atoms with Gasteiger partial charge in [-0.05, 0) is 17.4 Å². The van der Waals surface area contributed by atoms with Crippen LogP contribution in [0.25, 0.3) is 0 Å². The Bertz CT molecular complexity index is 464. The van der Waals surface area contributed by atoms with Crippen molar-refractivity contribution in [2.45, 2.75) is 25.8 Å². The van der Waals surface area contributed by atoms with Crippen molar-refractivity contribution in [3.05, 3.63) is 22.4 Å². The van der Waals surface area contributed by atoms with Crippen molar-refractivity contribution >= 4 is 29.1 Å². The van der Waals surface area contributed by atoms with E-state index < -0.39 is 23.8 Å². The zero-order chi connectivity index (χ0) is 13.3. The number of thiophene rings is 1. The Labute approximate surface area is 108 Å². The van der Waals surface area contributed by atoms with Crippen LogP contribution in [-0.4, -0.2) is 27.8 Å². The topological polar surface area (TPSA) is 74.7 Å². The van der Waals surface area contributed by atoms with E-state index in [9.17, 15) is 19.5 Å². The number of carboxylic acid groups (broad SMARTS) is 1. The maximum atomic E-state index is 11.9. The third kappa shape index (κ3) is 2.28. The Morgan fingerprint density at radius 1 is 1.44 bits per heavy atom. The smallest absolute Gasteiger partial charge is 0.332 e. The Hall–Kier alpha value is -1.69. The van der Waals surface area contributed by atoms with Crippen LogP contribution >= 0.6 is 11.3 Å². The molecule has 0 radical (unpaired) electrons. The number of likely N-dealkylation sites (tertiary alicyclic amines) is 1. The lowest BCUT2D eigenvalue weighted by Crippen LogP contribution is -2.47. The summed E-state index contributed by atoms with van der Waals surface area (Å²) in [5.41, 5.74) is 0. The number of carboxylic acids is 1. The van der Waals surface area contributed by atoms with Crippen molar-refractivity contribution < 1.29 is 19.5 Å². The van der Waals surface area contributed by atoms with Crippen LogP contribution in [0.4, 0.5) is 0 Å². The highest BCUT2D eigenvalue weighted by atomic mass is 32.1. The van der Waals surface area contributed by atoms with Crippen LogP contribution in [0.3, 0.4) is 0 Å². The molecule has 1 atom stereocenters. The third-order valence-electron chi connectivity index (χ3n) is 2.89. The van der Waals surface area contributed by atoms with Gasteiger partial charge in [0.25, 0.3) is 0 Å². The molecule has 0 aliphatic carbocycles. The van der Waals surface area contributed by atoms with Gasteiger partial charge in [-0.25, -0.2) is 4.79 Å². The first-order valence-corrected chi connectivity index (χ1v) is 6.49. The molecule has 1 fully saturated rings. The van der Waals surface area contributed by atoms with Gasteiger partial charge in [0, 0.05) is 17.7 Å². The average molecular weight is 267 g/mol. The second-order valence-electron chi connectivity index (χ2n) is 4.43. The molecule has 0 saturated carbocycles. The predicted octanol–water partition coefficient (Wildman–Crippen LogP) is 1.66. The number of amides is 2. The summed E-state index contributed by atoms with van der Waals surface area (Å²) in [6.07, 6.45) is 0.446. The summed E-state index contributed by atoms with van der Waals surface area (Å²) < 4.78 is 0. The Morgan fingerprint density at radius 2 is 2.06 bits per heavy atom. The van der Waals surface area contributed by atoms with Crippen LogP contribution in [0.5, 0.6) is 0 Å². The van der Waals surface area contributed by atoms with Crippen molar-refractivity contribution in [2.24, 2.45) is 5.92 Å². The summed E-state index contributed by atoms with van der Waals surface area (Å²) in [5.74, 6) is -1.99. The van der Waals surface area contributed by atoms with Gasteiger partial charge in [0.05, 0.1) is 0 Å². The number of piperidine rings is 1. The van der Waals surface area contributed by atoms with Crippen LogP contribution in [0.2, 0.25) is 0 Å². The van der Waals surface area contributed by atoms with Gasteiger partial charge in [-0.3, -0.25) is 14.5 Å². The summed E-state index contributed by atoms with van der Waals surface area (Å²) >= 11 is 1.23. The number of hydrogen-bond donors (Lipinski definition) is 1. The quantitative estimate of drug-likeness (QED) is 0.845. The summed E-state index contributed by atoms with van der Waals surface area (Å²) in [6, 6.07) is 2.15. The van der Waals surface area contributed by atoms with E-state index in [1.807, 2.05) is 6.92 Å². The third-order valence-corrected chi connectivity index (χ3v) is 3.81. The minimum Gasteiger partial charge on any atom is -0.479 e. The fourth-order valence-corrected chi connectivity index (χ4v) is 2.90. The van der Waals surface area contributed by atoms with E-state index in [0.29, 0.717) is 4.88 Å². The lowest BCUT2D eigenvalue weighted by molar-refractivity contribution is -0.161. The van der Waals surface area contributed by atoms with Crippen LogP contribution in [0.1, 0.15) is 30.7 Å². The molecule has 1 aromatic heterocycles. The van der Waals surface area contributed by atoms with Gasteiger partial charge in [0.1, 0.15) is 0 Å². The minimum absolute atomic E-state index is 0.0148. The highest BCUT2D eigenvalue weighted by molar-refractivity contribution is 7.10. The summed E-state index contributed by atoms with van der Waals surface area (Å²) in [7, 11) is 0. The molecule has 2 heterocycles. The van der Waals surface area contributed by atoms with E-state index >= 15 is 0 Å². The monoisotopic (exact) mass is 267 g/mol. The maximum Gasteiger partial charge on any atom is 0.332 e.